The third-order valence-electron chi connectivity index (χ3n) is 1.33. The minimum atomic E-state index is 0.734. The Kier molecular flexibility index (Phi) is 1.82. The third kappa shape index (κ3) is 1.33. The van der Waals surface area contributed by atoms with Gasteiger partial charge in [0.2, 0.25) is 0 Å². The van der Waals surface area contributed by atoms with Gasteiger partial charge in [-0.1, -0.05) is 11.3 Å². The summed E-state index contributed by atoms with van der Waals surface area (Å²) in [4.78, 5) is 9.54. The molecule has 12 heavy (non-hydrogen) atoms. The first-order chi connectivity index (χ1) is 5.75. The summed E-state index contributed by atoms with van der Waals surface area (Å²) in [5, 5.41) is 2.60. The van der Waals surface area contributed by atoms with Crippen molar-refractivity contribution < 1.29 is 0 Å². The SMILES string of the molecule is Cc1cnc(-c2ncc(N)s2)s1. The molecular formula is C7H7N3S2. The number of nitrogens with two attached hydrogens (primary N) is 1. The molecule has 2 aromatic heterocycles. The first-order valence-electron chi connectivity index (χ1n) is 3.40. The molecule has 0 fully saturated rings. The summed E-state index contributed by atoms with van der Waals surface area (Å²) in [5.41, 5.74) is 5.56. The largest absolute Gasteiger partial charge is 0.389 e. The molecule has 0 aliphatic rings. The van der Waals surface area contributed by atoms with Crippen molar-refractivity contribution in [2.45, 2.75) is 6.92 Å². The Morgan fingerprint density at radius 3 is 2.33 bits per heavy atom. The highest BCUT2D eigenvalue weighted by Crippen LogP contribution is 2.29. The number of hydrogen-bond acceptors (Lipinski definition) is 5. The molecule has 0 aliphatic carbocycles. The maximum absolute atomic E-state index is 5.56. The van der Waals surface area contributed by atoms with E-state index < -0.39 is 0 Å². The number of thiazole rings is 2. The van der Waals surface area contributed by atoms with Crippen molar-refractivity contribution in [2.24, 2.45) is 0 Å². The summed E-state index contributed by atoms with van der Waals surface area (Å²) >= 11 is 3.10. The summed E-state index contributed by atoms with van der Waals surface area (Å²) in [6.07, 6.45) is 3.51. The number of aryl methyl sites for hydroxylation is 1. The van der Waals surface area contributed by atoms with Crippen LogP contribution in [0.3, 0.4) is 0 Å². The van der Waals surface area contributed by atoms with Crippen LogP contribution in [0.2, 0.25) is 0 Å². The highest BCUT2D eigenvalue weighted by atomic mass is 32.1. The van der Waals surface area contributed by atoms with E-state index in [1.54, 1.807) is 17.5 Å². The lowest BCUT2D eigenvalue weighted by Crippen LogP contribution is -1.73. The van der Waals surface area contributed by atoms with Crippen LogP contribution in [0, 0.1) is 6.92 Å². The summed E-state index contributed by atoms with van der Waals surface area (Å²) in [6, 6.07) is 0. The second-order valence-electron chi connectivity index (χ2n) is 2.34. The summed E-state index contributed by atoms with van der Waals surface area (Å²) in [6.45, 7) is 2.03. The molecule has 0 aromatic carbocycles. The molecule has 0 saturated heterocycles. The predicted octanol–water partition coefficient (Wildman–Crippen LogP) is 2.16. The maximum atomic E-state index is 5.56. The molecule has 0 atom stereocenters. The van der Waals surface area contributed by atoms with Gasteiger partial charge in [-0.15, -0.1) is 11.3 Å². The van der Waals surface area contributed by atoms with E-state index in [4.69, 9.17) is 5.73 Å². The van der Waals surface area contributed by atoms with Gasteiger partial charge in [-0.2, -0.15) is 0 Å². The number of aromatic nitrogens is 2. The molecule has 0 spiro atoms. The van der Waals surface area contributed by atoms with Crippen LogP contribution in [0.5, 0.6) is 0 Å². The molecule has 5 heteroatoms. The summed E-state index contributed by atoms with van der Waals surface area (Å²) in [7, 11) is 0. The van der Waals surface area contributed by atoms with Crippen LogP contribution in [0.15, 0.2) is 12.4 Å². The molecule has 3 nitrogen and oxygen atoms in total. The zero-order chi connectivity index (χ0) is 8.55. The Bertz CT molecular complexity index is 353. The fourth-order valence-electron chi connectivity index (χ4n) is 0.839. The van der Waals surface area contributed by atoms with Crippen molar-refractivity contribution in [3.8, 4) is 10.0 Å². The van der Waals surface area contributed by atoms with E-state index in [1.807, 2.05) is 13.1 Å². The number of hydrogen-bond donors (Lipinski definition) is 1. The van der Waals surface area contributed by atoms with Gasteiger partial charge >= 0.3 is 0 Å². The number of nitrogens with zero attached hydrogens (tertiary/aromatic N) is 2. The normalized spacial score (nSPS) is 10.4. The lowest BCUT2D eigenvalue weighted by atomic mass is 10.6. The summed E-state index contributed by atoms with van der Waals surface area (Å²) in [5.74, 6) is 0. The van der Waals surface area contributed by atoms with Crippen molar-refractivity contribution >= 4 is 27.7 Å². The number of nitrogen functional groups attached to an aromatic ring is 1. The van der Waals surface area contributed by atoms with Crippen LogP contribution in [0.1, 0.15) is 4.88 Å². The quantitative estimate of drug-likeness (QED) is 0.762. The molecule has 2 aromatic rings. The van der Waals surface area contributed by atoms with Crippen molar-refractivity contribution in [1.82, 2.24) is 9.97 Å². The van der Waals surface area contributed by atoms with Gasteiger partial charge in [0.1, 0.15) is 5.00 Å². The summed E-state index contributed by atoms with van der Waals surface area (Å²) < 4.78 is 0. The van der Waals surface area contributed by atoms with Crippen LogP contribution in [-0.2, 0) is 0 Å². The van der Waals surface area contributed by atoms with Crippen molar-refractivity contribution in [3.63, 3.8) is 0 Å². The zero-order valence-corrected chi connectivity index (χ0v) is 8.08. The van der Waals surface area contributed by atoms with Crippen LogP contribution in [0.25, 0.3) is 10.0 Å². The lowest BCUT2D eigenvalue weighted by Gasteiger charge is -1.83. The van der Waals surface area contributed by atoms with Crippen LogP contribution >= 0.6 is 22.7 Å². The smallest absolute Gasteiger partial charge is 0.154 e. The fraction of sp³-hybridized carbons (Fsp3) is 0.143. The fourth-order valence-corrected chi connectivity index (χ4v) is 2.32. The van der Waals surface area contributed by atoms with Crippen molar-refractivity contribution in [3.05, 3.63) is 17.3 Å². The standard InChI is InChI=1S/C7H7N3S2/c1-4-2-9-6(11-4)7-10-3-5(8)12-7/h2-3H,8H2,1H3. The molecule has 0 unspecified atom stereocenters. The van der Waals surface area contributed by atoms with E-state index in [9.17, 15) is 0 Å². The number of anilines is 1. The second-order valence-corrected chi connectivity index (χ2v) is 4.64. The average molecular weight is 197 g/mol. The van der Waals surface area contributed by atoms with E-state index in [-0.39, 0.29) is 0 Å². The average Bonchev–Trinajstić information content (AvgIpc) is 2.58. The molecule has 0 saturated carbocycles. The molecule has 2 rings (SSSR count). The van der Waals surface area contributed by atoms with Gasteiger partial charge in [0.05, 0.1) is 6.20 Å². The molecule has 0 radical (unpaired) electrons. The van der Waals surface area contributed by atoms with Gasteiger partial charge in [0.15, 0.2) is 10.0 Å². The second kappa shape index (κ2) is 2.84. The highest BCUT2D eigenvalue weighted by Gasteiger charge is 2.05. The molecule has 2 heterocycles. The van der Waals surface area contributed by atoms with Crippen LogP contribution < -0.4 is 5.73 Å². The Morgan fingerprint density at radius 2 is 1.83 bits per heavy atom. The minimum Gasteiger partial charge on any atom is -0.389 e. The van der Waals surface area contributed by atoms with Crippen molar-refractivity contribution in [1.29, 1.82) is 0 Å². The van der Waals surface area contributed by atoms with Gasteiger partial charge in [-0.25, -0.2) is 9.97 Å². The number of rotatable bonds is 1. The van der Waals surface area contributed by atoms with E-state index in [0.717, 1.165) is 15.0 Å². The molecule has 62 valence electrons. The highest BCUT2D eigenvalue weighted by molar-refractivity contribution is 7.23. The van der Waals surface area contributed by atoms with Gasteiger partial charge in [0.25, 0.3) is 0 Å². The van der Waals surface area contributed by atoms with Gasteiger partial charge < -0.3 is 5.73 Å². The van der Waals surface area contributed by atoms with Gasteiger partial charge in [-0.05, 0) is 6.92 Å². The zero-order valence-electron chi connectivity index (χ0n) is 6.44. The Hall–Kier alpha value is -0.940. The van der Waals surface area contributed by atoms with E-state index in [2.05, 4.69) is 9.97 Å². The Labute approximate surface area is 77.9 Å². The van der Waals surface area contributed by atoms with Gasteiger partial charge in [0, 0.05) is 11.1 Å². The Balaban J connectivity index is 2.43. The Morgan fingerprint density at radius 1 is 1.17 bits per heavy atom. The first kappa shape index (κ1) is 7.70. The minimum absolute atomic E-state index is 0.734. The van der Waals surface area contributed by atoms with Gasteiger partial charge in [-0.3, -0.25) is 0 Å². The van der Waals surface area contributed by atoms with Crippen LogP contribution in [-0.4, -0.2) is 9.97 Å². The molecular weight excluding hydrogens is 190 g/mol. The van der Waals surface area contributed by atoms with Crippen molar-refractivity contribution in [2.75, 3.05) is 5.73 Å². The first-order valence-corrected chi connectivity index (χ1v) is 5.03. The van der Waals surface area contributed by atoms with E-state index in [1.165, 1.54) is 16.2 Å². The van der Waals surface area contributed by atoms with E-state index >= 15 is 0 Å². The van der Waals surface area contributed by atoms with Crippen LogP contribution in [0.4, 0.5) is 5.00 Å². The molecule has 0 amide bonds. The molecule has 2 N–H and O–H groups in total. The predicted molar refractivity (Wildman–Crippen MR) is 52.4 cm³/mol. The maximum Gasteiger partial charge on any atom is 0.154 e. The molecule has 0 bridgehead atoms. The third-order valence-corrected chi connectivity index (χ3v) is 3.21. The lowest BCUT2D eigenvalue weighted by molar-refractivity contribution is 1.34. The monoisotopic (exact) mass is 197 g/mol. The van der Waals surface area contributed by atoms with E-state index in [0.29, 0.717) is 0 Å². The molecule has 0 aliphatic heterocycles. The topological polar surface area (TPSA) is 51.8 Å².